The van der Waals surface area contributed by atoms with Gasteiger partial charge in [-0.15, -0.1) is 0 Å². The third-order valence-electron chi connectivity index (χ3n) is 5.64. The summed E-state index contributed by atoms with van der Waals surface area (Å²) in [5.41, 5.74) is 2.61. The Bertz CT molecular complexity index is 1100. The number of oxime groups is 1. The molecule has 10 heteroatoms. The van der Waals surface area contributed by atoms with Crippen molar-refractivity contribution in [3.63, 3.8) is 0 Å². The number of nitrogens with zero attached hydrogens (tertiary/aromatic N) is 3. The van der Waals surface area contributed by atoms with Crippen molar-refractivity contribution in [1.82, 2.24) is 5.32 Å². The highest BCUT2D eigenvalue weighted by Crippen LogP contribution is 2.28. The second-order valence-corrected chi connectivity index (χ2v) is 8.01. The Balaban J connectivity index is 1.28. The summed E-state index contributed by atoms with van der Waals surface area (Å²) in [6, 6.07) is 12.1. The number of amides is 2. The molecule has 2 aliphatic rings. The number of morpholine rings is 1. The summed E-state index contributed by atoms with van der Waals surface area (Å²) in [4.78, 5) is 32.5. The van der Waals surface area contributed by atoms with Crippen LogP contribution in [0.15, 0.2) is 53.7 Å². The Morgan fingerprint density at radius 3 is 2.66 bits per heavy atom. The maximum Gasteiger partial charge on any atom is 0.414 e. The molecular weight excluding hydrogens is 455 g/mol. The van der Waals surface area contributed by atoms with E-state index in [1.807, 2.05) is 29.2 Å². The molecule has 35 heavy (non-hydrogen) atoms. The highest BCUT2D eigenvalue weighted by molar-refractivity contribution is 5.92. The number of nitrogens with one attached hydrogen (secondary N) is 1. The summed E-state index contributed by atoms with van der Waals surface area (Å²) in [5, 5.41) is 6.42. The van der Waals surface area contributed by atoms with Crippen LogP contribution in [0.5, 0.6) is 0 Å². The van der Waals surface area contributed by atoms with E-state index in [-0.39, 0.29) is 19.0 Å². The lowest BCUT2D eigenvalue weighted by Gasteiger charge is -2.29. The molecule has 2 aliphatic heterocycles. The molecule has 2 amide bonds. The molecular formula is C25H27FN4O5. The van der Waals surface area contributed by atoms with Gasteiger partial charge in [0.15, 0.2) is 0 Å². The van der Waals surface area contributed by atoms with Crippen LogP contribution in [0.2, 0.25) is 0 Å². The fourth-order valence-corrected chi connectivity index (χ4v) is 3.82. The smallest absolute Gasteiger partial charge is 0.414 e. The van der Waals surface area contributed by atoms with Crippen molar-refractivity contribution < 1.29 is 28.3 Å². The molecule has 0 unspecified atom stereocenters. The van der Waals surface area contributed by atoms with E-state index in [2.05, 4.69) is 15.3 Å². The van der Waals surface area contributed by atoms with E-state index < -0.39 is 18.0 Å². The van der Waals surface area contributed by atoms with Crippen LogP contribution < -0.4 is 15.1 Å². The Hall–Kier alpha value is -3.92. The fraction of sp³-hybridized carbons (Fsp3) is 0.320. The number of halogens is 1. The Labute approximate surface area is 202 Å². The summed E-state index contributed by atoms with van der Waals surface area (Å²) >= 11 is 0. The largest absolute Gasteiger partial charge is 0.442 e. The van der Waals surface area contributed by atoms with Crippen molar-refractivity contribution in [2.75, 3.05) is 56.3 Å². The number of hydrogen-bond donors (Lipinski definition) is 1. The van der Waals surface area contributed by atoms with E-state index in [9.17, 15) is 14.0 Å². The fourth-order valence-electron chi connectivity index (χ4n) is 3.82. The van der Waals surface area contributed by atoms with Crippen molar-refractivity contribution in [1.29, 1.82) is 0 Å². The standard InChI is InChI=1S/C25H27FN4O5/c1-33-28-15-19-4-2-18(3-5-19)6-9-24(31)27-16-21-17-30(25(32)35-21)20-7-8-23(22(26)14-20)29-10-12-34-13-11-29/h2-9,14-15,21H,10-13,16-17H2,1H3,(H,27,31)/b9-6+,28-15+/t21-/m0/s1. The second kappa shape index (κ2) is 11.5. The number of carbonyl (C=O) groups excluding carboxylic acids is 2. The number of rotatable bonds is 8. The van der Waals surface area contributed by atoms with Crippen LogP contribution in [-0.4, -0.2) is 70.8 Å². The molecule has 0 bridgehead atoms. The SMILES string of the molecule is CO/N=C/c1ccc(/C=C/C(=O)NC[C@H]2CN(c3ccc(N4CCOCC4)c(F)c3)C(=O)O2)cc1. The number of cyclic esters (lactones) is 1. The van der Waals surface area contributed by atoms with Crippen LogP contribution in [0.4, 0.5) is 20.6 Å². The van der Waals surface area contributed by atoms with Crippen molar-refractivity contribution in [3.8, 4) is 0 Å². The first-order valence-electron chi connectivity index (χ1n) is 11.3. The zero-order valence-corrected chi connectivity index (χ0v) is 19.4. The first-order chi connectivity index (χ1) is 17.0. The second-order valence-electron chi connectivity index (χ2n) is 8.01. The van der Waals surface area contributed by atoms with Crippen LogP contribution >= 0.6 is 0 Å². The van der Waals surface area contributed by atoms with Crippen molar-refractivity contribution in [3.05, 3.63) is 65.5 Å². The summed E-state index contributed by atoms with van der Waals surface area (Å²) < 4.78 is 25.4. The van der Waals surface area contributed by atoms with Gasteiger partial charge in [-0.1, -0.05) is 29.4 Å². The Morgan fingerprint density at radius 2 is 1.94 bits per heavy atom. The molecule has 0 saturated carbocycles. The molecule has 2 fully saturated rings. The topological polar surface area (TPSA) is 92.7 Å². The summed E-state index contributed by atoms with van der Waals surface area (Å²) in [6.45, 7) is 2.70. The van der Waals surface area contributed by atoms with Crippen LogP contribution in [0.1, 0.15) is 11.1 Å². The number of anilines is 2. The van der Waals surface area contributed by atoms with E-state index >= 15 is 0 Å². The predicted molar refractivity (Wildman–Crippen MR) is 130 cm³/mol. The lowest BCUT2D eigenvalue weighted by Crippen LogP contribution is -2.36. The van der Waals surface area contributed by atoms with Gasteiger partial charge in [0.1, 0.15) is 19.0 Å². The molecule has 184 valence electrons. The third kappa shape index (κ3) is 6.36. The molecule has 2 saturated heterocycles. The number of ether oxygens (including phenoxy) is 2. The third-order valence-corrected chi connectivity index (χ3v) is 5.64. The van der Waals surface area contributed by atoms with Gasteiger partial charge < -0.3 is 24.5 Å². The van der Waals surface area contributed by atoms with E-state index in [0.29, 0.717) is 37.7 Å². The zero-order valence-electron chi connectivity index (χ0n) is 19.4. The highest BCUT2D eigenvalue weighted by atomic mass is 19.1. The Kier molecular flexibility index (Phi) is 7.94. The molecule has 0 spiro atoms. The van der Waals surface area contributed by atoms with Gasteiger partial charge in [0.05, 0.1) is 43.9 Å². The molecule has 2 aromatic carbocycles. The van der Waals surface area contributed by atoms with Crippen molar-refractivity contribution in [2.24, 2.45) is 5.16 Å². The van der Waals surface area contributed by atoms with Crippen LogP contribution in [0.3, 0.4) is 0 Å². The average Bonchev–Trinajstić information content (AvgIpc) is 3.26. The van der Waals surface area contributed by atoms with Gasteiger partial charge in [0.25, 0.3) is 0 Å². The Morgan fingerprint density at radius 1 is 1.20 bits per heavy atom. The molecule has 9 nitrogen and oxygen atoms in total. The number of carbonyl (C=O) groups is 2. The van der Waals surface area contributed by atoms with Crippen molar-refractivity contribution in [2.45, 2.75) is 6.10 Å². The molecule has 0 radical (unpaired) electrons. The first kappa shape index (κ1) is 24.2. The summed E-state index contributed by atoms with van der Waals surface area (Å²) in [6.07, 6.45) is 3.56. The molecule has 4 rings (SSSR count). The van der Waals surface area contributed by atoms with Crippen LogP contribution in [-0.2, 0) is 19.1 Å². The summed E-state index contributed by atoms with van der Waals surface area (Å²) in [7, 11) is 1.47. The minimum absolute atomic E-state index is 0.145. The van der Waals surface area contributed by atoms with Gasteiger partial charge in [-0.05, 0) is 35.4 Å². The van der Waals surface area contributed by atoms with Gasteiger partial charge in [-0.2, -0.15) is 0 Å². The lowest BCUT2D eigenvalue weighted by atomic mass is 10.1. The van der Waals surface area contributed by atoms with Gasteiger partial charge in [-0.25, -0.2) is 9.18 Å². The maximum atomic E-state index is 14.7. The van der Waals surface area contributed by atoms with Crippen molar-refractivity contribution >= 4 is 35.7 Å². The minimum Gasteiger partial charge on any atom is -0.442 e. The highest BCUT2D eigenvalue weighted by Gasteiger charge is 2.33. The van der Waals surface area contributed by atoms with Gasteiger partial charge in [0, 0.05) is 19.2 Å². The average molecular weight is 483 g/mol. The molecule has 2 heterocycles. The van der Waals surface area contributed by atoms with E-state index in [1.54, 1.807) is 24.4 Å². The van der Waals surface area contributed by atoms with Crippen LogP contribution in [0, 0.1) is 5.82 Å². The molecule has 1 atom stereocenters. The molecule has 0 aromatic heterocycles. The normalized spacial score (nSPS) is 18.3. The monoisotopic (exact) mass is 482 g/mol. The lowest BCUT2D eigenvalue weighted by molar-refractivity contribution is -0.116. The molecule has 1 N–H and O–H groups in total. The number of benzene rings is 2. The van der Waals surface area contributed by atoms with E-state index in [1.165, 1.54) is 24.2 Å². The minimum atomic E-state index is -0.574. The van der Waals surface area contributed by atoms with E-state index in [0.717, 1.165) is 11.1 Å². The maximum absolute atomic E-state index is 14.7. The molecule has 0 aliphatic carbocycles. The number of hydrogen-bond acceptors (Lipinski definition) is 7. The molecule has 2 aromatic rings. The van der Waals surface area contributed by atoms with Gasteiger partial charge in [-0.3, -0.25) is 9.69 Å². The van der Waals surface area contributed by atoms with Gasteiger partial charge in [0.2, 0.25) is 5.91 Å². The first-order valence-corrected chi connectivity index (χ1v) is 11.3. The van der Waals surface area contributed by atoms with Crippen LogP contribution in [0.25, 0.3) is 6.08 Å². The van der Waals surface area contributed by atoms with Gasteiger partial charge >= 0.3 is 6.09 Å². The predicted octanol–water partition coefficient (Wildman–Crippen LogP) is 2.80. The van der Waals surface area contributed by atoms with E-state index in [4.69, 9.17) is 9.47 Å². The quantitative estimate of drug-likeness (QED) is 0.353. The zero-order chi connectivity index (χ0) is 24.6. The summed E-state index contributed by atoms with van der Waals surface area (Å²) in [5.74, 6) is -0.719.